The molecular weight excluding hydrogens is 290 g/mol. The summed E-state index contributed by atoms with van der Waals surface area (Å²) < 4.78 is 5.55. The first-order valence-corrected chi connectivity index (χ1v) is 7.06. The zero-order valence-electron chi connectivity index (χ0n) is 12.6. The fourth-order valence-corrected chi connectivity index (χ4v) is 1.91. The molecule has 0 heterocycles. The van der Waals surface area contributed by atoms with Gasteiger partial charge in [0.2, 0.25) is 0 Å². The van der Waals surface area contributed by atoms with Crippen LogP contribution in [0.4, 0.5) is 5.69 Å². The number of nitriles is 2. The highest BCUT2D eigenvalue weighted by Crippen LogP contribution is 2.15. The van der Waals surface area contributed by atoms with E-state index < -0.39 is 6.10 Å². The Balaban J connectivity index is 1.94. The first kappa shape index (κ1) is 16.1. The molecular formula is C18H15N3O2. The van der Waals surface area contributed by atoms with Crippen molar-refractivity contribution in [2.75, 3.05) is 5.32 Å². The summed E-state index contributed by atoms with van der Waals surface area (Å²) in [4.78, 5) is 12.1. The van der Waals surface area contributed by atoms with Crippen LogP contribution >= 0.6 is 0 Å². The largest absolute Gasteiger partial charge is 0.481 e. The van der Waals surface area contributed by atoms with Gasteiger partial charge in [-0.05, 0) is 48.9 Å². The third kappa shape index (κ3) is 4.59. The van der Waals surface area contributed by atoms with Crippen LogP contribution in [0.5, 0.6) is 5.75 Å². The van der Waals surface area contributed by atoms with E-state index in [1.807, 2.05) is 6.07 Å². The normalized spacial score (nSPS) is 10.9. The van der Waals surface area contributed by atoms with Crippen molar-refractivity contribution in [3.63, 3.8) is 0 Å². The van der Waals surface area contributed by atoms with Gasteiger partial charge in [-0.2, -0.15) is 10.5 Å². The molecule has 0 aliphatic carbocycles. The molecule has 0 aliphatic heterocycles. The fourth-order valence-electron chi connectivity index (χ4n) is 1.91. The molecule has 0 aromatic heterocycles. The van der Waals surface area contributed by atoms with Gasteiger partial charge in [-0.15, -0.1) is 0 Å². The second kappa shape index (κ2) is 7.63. The summed E-state index contributed by atoms with van der Waals surface area (Å²) in [6.45, 7) is 1.65. The van der Waals surface area contributed by atoms with E-state index in [2.05, 4.69) is 11.4 Å². The van der Waals surface area contributed by atoms with Crippen molar-refractivity contribution in [3.8, 4) is 17.9 Å². The number of nitrogens with one attached hydrogen (secondary N) is 1. The minimum atomic E-state index is -0.679. The van der Waals surface area contributed by atoms with Gasteiger partial charge in [0.15, 0.2) is 6.10 Å². The highest BCUT2D eigenvalue weighted by atomic mass is 16.5. The van der Waals surface area contributed by atoms with Crippen molar-refractivity contribution in [3.05, 3.63) is 59.7 Å². The molecule has 0 aliphatic rings. The second-order valence-corrected chi connectivity index (χ2v) is 4.92. The lowest BCUT2D eigenvalue weighted by Gasteiger charge is -2.15. The van der Waals surface area contributed by atoms with Gasteiger partial charge in [-0.25, -0.2) is 0 Å². The molecule has 23 heavy (non-hydrogen) atoms. The molecule has 1 atom stereocenters. The molecule has 1 unspecified atom stereocenters. The number of carbonyl (C=O) groups is 1. The topological polar surface area (TPSA) is 85.9 Å². The number of anilines is 1. The van der Waals surface area contributed by atoms with E-state index in [-0.39, 0.29) is 5.91 Å². The van der Waals surface area contributed by atoms with Crippen LogP contribution in [0.1, 0.15) is 18.1 Å². The van der Waals surface area contributed by atoms with Crippen molar-refractivity contribution < 1.29 is 9.53 Å². The summed E-state index contributed by atoms with van der Waals surface area (Å²) in [7, 11) is 0. The average molecular weight is 305 g/mol. The van der Waals surface area contributed by atoms with Crippen LogP contribution in [-0.4, -0.2) is 12.0 Å². The van der Waals surface area contributed by atoms with E-state index in [1.165, 1.54) is 0 Å². The lowest BCUT2D eigenvalue weighted by atomic mass is 10.1. The Morgan fingerprint density at radius 3 is 2.35 bits per heavy atom. The first-order chi connectivity index (χ1) is 11.1. The highest BCUT2D eigenvalue weighted by molar-refractivity contribution is 5.94. The quantitative estimate of drug-likeness (QED) is 0.920. The number of hydrogen-bond donors (Lipinski definition) is 1. The number of rotatable bonds is 5. The van der Waals surface area contributed by atoms with Gasteiger partial charge in [0.05, 0.1) is 24.1 Å². The minimum Gasteiger partial charge on any atom is -0.481 e. The van der Waals surface area contributed by atoms with Gasteiger partial charge in [0, 0.05) is 5.69 Å². The number of ether oxygens (including phenoxy) is 1. The monoisotopic (exact) mass is 305 g/mol. The summed E-state index contributed by atoms with van der Waals surface area (Å²) in [5.74, 6) is 0.249. The molecule has 5 nitrogen and oxygen atoms in total. The lowest BCUT2D eigenvalue weighted by Crippen LogP contribution is -2.30. The molecule has 2 aromatic rings. The van der Waals surface area contributed by atoms with Crippen molar-refractivity contribution in [2.24, 2.45) is 0 Å². The van der Waals surface area contributed by atoms with E-state index in [9.17, 15) is 4.79 Å². The third-order valence-corrected chi connectivity index (χ3v) is 3.17. The number of amides is 1. The number of nitrogens with zero attached hydrogens (tertiary/aromatic N) is 2. The SMILES string of the molecule is CC(Oc1ccc(C#N)cc1)C(=O)Nc1ccc(CC#N)cc1. The van der Waals surface area contributed by atoms with Crippen LogP contribution in [0.15, 0.2) is 48.5 Å². The molecule has 5 heteroatoms. The Hall–Kier alpha value is -3.31. The Kier molecular flexibility index (Phi) is 5.33. The van der Waals surface area contributed by atoms with E-state index in [4.69, 9.17) is 15.3 Å². The van der Waals surface area contributed by atoms with Crippen LogP contribution in [0.3, 0.4) is 0 Å². The average Bonchev–Trinajstić information content (AvgIpc) is 2.57. The van der Waals surface area contributed by atoms with Crippen LogP contribution in [0, 0.1) is 22.7 Å². The molecule has 0 saturated carbocycles. The number of carbonyl (C=O) groups excluding carboxylic acids is 1. The zero-order valence-corrected chi connectivity index (χ0v) is 12.6. The van der Waals surface area contributed by atoms with Crippen LogP contribution < -0.4 is 10.1 Å². The summed E-state index contributed by atoms with van der Waals surface area (Å²) in [5, 5.41) is 20.1. The molecule has 2 aromatic carbocycles. The standard InChI is InChI=1S/C18H15N3O2/c1-13(23-17-8-4-15(12-20)5-9-17)18(22)21-16-6-2-14(3-7-16)10-11-19/h2-9,13H,10H2,1H3,(H,21,22). The second-order valence-electron chi connectivity index (χ2n) is 4.92. The Bertz CT molecular complexity index is 753. The molecule has 0 spiro atoms. The summed E-state index contributed by atoms with van der Waals surface area (Å²) in [6, 6.07) is 17.8. The van der Waals surface area contributed by atoms with Crippen molar-refractivity contribution >= 4 is 11.6 Å². The molecule has 0 fully saturated rings. The Morgan fingerprint density at radius 1 is 1.13 bits per heavy atom. The molecule has 2 rings (SSSR count). The molecule has 0 saturated heterocycles. The zero-order chi connectivity index (χ0) is 16.7. The van der Waals surface area contributed by atoms with Gasteiger partial charge in [0.25, 0.3) is 5.91 Å². The van der Waals surface area contributed by atoms with Gasteiger partial charge < -0.3 is 10.1 Å². The van der Waals surface area contributed by atoms with Gasteiger partial charge in [0.1, 0.15) is 5.75 Å². The maximum atomic E-state index is 12.1. The summed E-state index contributed by atoms with van der Waals surface area (Å²) in [5.41, 5.74) is 2.08. The Labute approximate surface area is 134 Å². The van der Waals surface area contributed by atoms with Crippen LogP contribution in [0.25, 0.3) is 0 Å². The first-order valence-electron chi connectivity index (χ1n) is 7.06. The van der Waals surface area contributed by atoms with Crippen LogP contribution in [-0.2, 0) is 11.2 Å². The number of hydrogen-bond acceptors (Lipinski definition) is 4. The van der Waals surface area contributed by atoms with Gasteiger partial charge >= 0.3 is 0 Å². The van der Waals surface area contributed by atoms with Crippen molar-refractivity contribution in [1.29, 1.82) is 10.5 Å². The van der Waals surface area contributed by atoms with E-state index in [0.29, 0.717) is 23.4 Å². The summed E-state index contributed by atoms with van der Waals surface area (Å²) in [6.07, 6.45) is -0.339. The Morgan fingerprint density at radius 2 is 1.78 bits per heavy atom. The van der Waals surface area contributed by atoms with E-state index in [0.717, 1.165) is 5.56 Å². The van der Waals surface area contributed by atoms with Crippen molar-refractivity contribution in [2.45, 2.75) is 19.4 Å². The van der Waals surface area contributed by atoms with Gasteiger partial charge in [-0.1, -0.05) is 12.1 Å². The van der Waals surface area contributed by atoms with Crippen molar-refractivity contribution in [1.82, 2.24) is 0 Å². The molecule has 1 amide bonds. The maximum Gasteiger partial charge on any atom is 0.265 e. The third-order valence-electron chi connectivity index (χ3n) is 3.17. The predicted molar refractivity (Wildman–Crippen MR) is 85.6 cm³/mol. The van der Waals surface area contributed by atoms with Gasteiger partial charge in [-0.3, -0.25) is 4.79 Å². The van der Waals surface area contributed by atoms with E-state index >= 15 is 0 Å². The lowest BCUT2D eigenvalue weighted by molar-refractivity contribution is -0.122. The molecule has 0 radical (unpaired) electrons. The highest BCUT2D eigenvalue weighted by Gasteiger charge is 2.14. The smallest absolute Gasteiger partial charge is 0.265 e. The van der Waals surface area contributed by atoms with E-state index in [1.54, 1.807) is 55.5 Å². The molecule has 1 N–H and O–H groups in total. The maximum absolute atomic E-state index is 12.1. The summed E-state index contributed by atoms with van der Waals surface area (Å²) >= 11 is 0. The minimum absolute atomic E-state index is 0.276. The number of benzene rings is 2. The predicted octanol–water partition coefficient (Wildman–Crippen LogP) is 3.03. The van der Waals surface area contributed by atoms with Crippen LogP contribution in [0.2, 0.25) is 0 Å². The molecule has 114 valence electrons. The molecule has 0 bridgehead atoms. The fraction of sp³-hybridized carbons (Fsp3) is 0.167.